The molecule has 1 aromatic carbocycles. The van der Waals surface area contributed by atoms with Crippen LogP contribution in [0.15, 0.2) is 45.7 Å². The molecule has 0 unspecified atom stereocenters. The molecule has 1 aliphatic rings. The quantitative estimate of drug-likeness (QED) is 0.731. The highest BCUT2D eigenvalue weighted by atomic mass is 32.2. The first-order chi connectivity index (χ1) is 12.8. The number of benzene rings is 1. The summed E-state index contributed by atoms with van der Waals surface area (Å²) in [4.78, 5) is 25.7. The summed E-state index contributed by atoms with van der Waals surface area (Å²) in [6.07, 6.45) is 0.707. The molecule has 1 fully saturated rings. The fourth-order valence-corrected chi connectivity index (χ4v) is 4.46. The van der Waals surface area contributed by atoms with Crippen molar-refractivity contribution in [3.05, 3.63) is 53.5 Å². The number of carbonyl (C=O) groups is 2. The summed E-state index contributed by atoms with van der Waals surface area (Å²) in [5.41, 5.74) is 0.356. The van der Waals surface area contributed by atoms with Crippen LogP contribution in [0.25, 0.3) is 0 Å². The number of sulfonamides is 1. The highest BCUT2D eigenvalue weighted by Gasteiger charge is 2.31. The topological polar surface area (TPSA) is 87.9 Å². The summed E-state index contributed by atoms with van der Waals surface area (Å²) in [5.74, 6) is 0.597. The SMILES string of the molecule is CCc1ccc(C(=O)N2CCN(S(=O)(=O)c3cccc(C(C)=O)c3)CC2)o1. The van der Waals surface area contributed by atoms with E-state index in [0.717, 1.165) is 5.76 Å². The average molecular weight is 390 g/mol. The van der Waals surface area contributed by atoms with Gasteiger partial charge in [-0.25, -0.2) is 8.42 Å². The van der Waals surface area contributed by atoms with Crippen molar-refractivity contribution in [3.63, 3.8) is 0 Å². The highest BCUT2D eigenvalue weighted by molar-refractivity contribution is 7.89. The summed E-state index contributed by atoms with van der Waals surface area (Å²) < 4.78 is 32.5. The van der Waals surface area contributed by atoms with Crippen molar-refractivity contribution in [3.8, 4) is 0 Å². The molecule has 0 radical (unpaired) electrons. The number of carbonyl (C=O) groups excluding carboxylic acids is 2. The molecule has 27 heavy (non-hydrogen) atoms. The number of amides is 1. The fourth-order valence-electron chi connectivity index (χ4n) is 2.99. The van der Waals surface area contributed by atoms with Crippen molar-refractivity contribution in [1.82, 2.24) is 9.21 Å². The normalized spacial score (nSPS) is 15.7. The van der Waals surface area contributed by atoms with Crippen molar-refractivity contribution in [2.24, 2.45) is 0 Å². The lowest BCUT2D eigenvalue weighted by Gasteiger charge is -2.33. The minimum atomic E-state index is -3.71. The zero-order valence-corrected chi connectivity index (χ0v) is 16.2. The third kappa shape index (κ3) is 3.96. The molecule has 0 aliphatic carbocycles. The Kier molecular flexibility index (Phi) is 5.48. The van der Waals surface area contributed by atoms with Crippen LogP contribution in [0, 0.1) is 0 Å². The molecule has 1 amide bonds. The van der Waals surface area contributed by atoms with Crippen molar-refractivity contribution in [1.29, 1.82) is 0 Å². The summed E-state index contributed by atoms with van der Waals surface area (Å²) in [6.45, 7) is 4.30. The van der Waals surface area contributed by atoms with Gasteiger partial charge < -0.3 is 9.32 Å². The van der Waals surface area contributed by atoms with Crippen LogP contribution >= 0.6 is 0 Å². The van der Waals surface area contributed by atoms with Crippen molar-refractivity contribution >= 4 is 21.7 Å². The average Bonchev–Trinajstić information content (AvgIpc) is 3.17. The highest BCUT2D eigenvalue weighted by Crippen LogP contribution is 2.20. The zero-order valence-electron chi connectivity index (χ0n) is 15.3. The van der Waals surface area contributed by atoms with E-state index in [-0.39, 0.29) is 48.5 Å². The number of hydrogen-bond acceptors (Lipinski definition) is 5. The van der Waals surface area contributed by atoms with Gasteiger partial charge >= 0.3 is 0 Å². The molecule has 0 saturated carbocycles. The monoisotopic (exact) mass is 390 g/mol. The van der Waals surface area contributed by atoms with Gasteiger partial charge in [-0.15, -0.1) is 0 Å². The van der Waals surface area contributed by atoms with Crippen molar-refractivity contribution in [2.45, 2.75) is 25.2 Å². The Morgan fingerprint density at radius 1 is 1.07 bits per heavy atom. The Bertz CT molecular complexity index is 956. The van der Waals surface area contributed by atoms with Gasteiger partial charge in [0.2, 0.25) is 10.0 Å². The summed E-state index contributed by atoms with van der Waals surface area (Å²) in [7, 11) is -3.71. The molecular formula is C19H22N2O5S. The molecule has 8 heteroatoms. The molecule has 3 rings (SSSR count). The summed E-state index contributed by atoms with van der Waals surface area (Å²) in [6, 6.07) is 9.45. The zero-order chi connectivity index (χ0) is 19.6. The van der Waals surface area contributed by atoms with Gasteiger partial charge in [-0.2, -0.15) is 4.31 Å². The molecule has 144 valence electrons. The third-order valence-corrected chi connectivity index (χ3v) is 6.52. The second-order valence-electron chi connectivity index (χ2n) is 6.40. The van der Waals surface area contributed by atoms with E-state index >= 15 is 0 Å². The van der Waals surface area contributed by atoms with Gasteiger partial charge in [0.1, 0.15) is 5.76 Å². The lowest BCUT2D eigenvalue weighted by atomic mass is 10.2. The maximum atomic E-state index is 12.8. The van der Waals surface area contributed by atoms with Crippen LogP contribution < -0.4 is 0 Å². The summed E-state index contributed by atoms with van der Waals surface area (Å²) >= 11 is 0. The first-order valence-electron chi connectivity index (χ1n) is 8.82. The molecule has 0 N–H and O–H groups in total. The molecule has 0 atom stereocenters. The van der Waals surface area contributed by atoms with Gasteiger partial charge in [-0.3, -0.25) is 9.59 Å². The minimum absolute atomic E-state index is 0.0913. The van der Waals surface area contributed by atoms with E-state index in [1.54, 1.807) is 29.2 Å². The first-order valence-corrected chi connectivity index (χ1v) is 10.3. The number of rotatable bonds is 5. The second-order valence-corrected chi connectivity index (χ2v) is 8.34. The van der Waals surface area contributed by atoms with E-state index in [4.69, 9.17) is 4.42 Å². The van der Waals surface area contributed by atoms with Gasteiger partial charge in [0.15, 0.2) is 11.5 Å². The smallest absolute Gasteiger partial charge is 0.289 e. The van der Waals surface area contributed by atoms with Crippen molar-refractivity contribution < 1.29 is 22.4 Å². The molecule has 1 aliphatic heterocycles. The number of hydrogen-bond donors (Lipinski definition) is 0. The first kappa shape index (κ1) is 19.3. The lowest BCUT2D eigenvalue weighted by molar-refractivity contribution is 0.0664. The molecule has 0 bridgehead atoms. The standard InChI is InChI=1S/C19H22N2O5S/c1-3-16-7-8-18(26-16)19(23)20-9-11-21(12-10-20)27(24,25)17-6-4-5-15(13-17)14(2)22/h4-8,13H,3,9-12H2,1-2H3. The largest absolute Gasteiger partial charge is 0.456 e. The second kappa shape index (κ2) is 7.66. The van der Waals surface area contributed by atoms with Gasteiger partial charge in [0.25, 0.3) is 5.91 Å². The van der Waals surface area contributed by atoms with Gasteiger partial charge in [-0.05, 0) is 31.2 Å². The molecule has 0 spiro atoms. The van der Waals surface area contributed by atoms with E-state index in [1.807, 2.05) is 6.92 Å². The van der Waals surface area contributed by atoms with Crippen LogP contribution in [0.4, 0.5) is 0 Å². The van der Waals surface area contributed by atoms with Crippen molar-refractivity contribution in [2.75, 3.05) is 26.2 Å². The number of Topliss-reactive ketones (excluding diaryl/α,β-unsaturated/α-hetero) is 1. The molecule has 2 aromatic rings. The van der Waals surface area contributed by atoms with Gasteiger partial charge in [-0.1, -0.05) is 19.1 Å². The number of furan rings is 1. The molecule has 1 aromatic heterocycles. The number of aryl methyl sites for hydroxylation is 1. The van der Waals surface area contributed by atoms with E-state index in [0.29, 0.717) is 12.0 Å². The fraction of sp³-hybridized carbons (Fsp3) is 0.368. The number of ketones is 1. The predicted octanol–water partition coefficient (Wildman–Crippen LogP) is 2.19. The van der Waals surface area contributed by atoms with Crippen LogP contribution in [-0.2, 0) is 16.4 Å². The van der Waals surface area contributed by atoms with Crippen LogP contribution in [0.5, 0.6) is 0 Å². The molecule has 1 saturated heterocycles. The summed E-state index contributed by atoms with van der Waals surface area (Å²) in [5, 5.41) is 0. The Labute approximate surface area is 158 Å². The Hall–Kier alpha value is -2.45. The molecular weight excluding hydrogens is 368 g/mol. The maximum Gasteiger partial charge on any atom is 0.289 e. The third-order valence-electron chi connectivity index (χ3n) is 4.63. The van der Waals surface area contributed by atoms with E-state index in [1.165, 1.54) is 23.4 Å². The van der Waals surface area contributed by atoms with Crippen LogP contribution in [0.1, 0.15) is 40.5 Å². The van der Waals surface area contributed by atoms with Crippen LogP contribution in [0.3, 0.4) is 0 Å². The lowest BCUT2D eigenvalue weighted by Crippen LogP contribution is -2.50. The minimum Gasteiger partial charge on any atom is -0.456 e. The maximum absolute atomic E-state index is 12.8. The van der Waals surface area contributed by atoms with E-state index in [2.05, 4.69) is 0 Å². The predicted molar refractivity (Wildman–Crippen MR) is 99.2 cm³/mol. The van der Waals surface area contributed by atoms with Gasteiger partial charge in [0.05, 0.1) is 4.90 Å². The Morgan fingerprint density at radius 2 is 1.78 bits per heavy atom. The van der Waals surface area contributed by atoms with E-state index in [9.17, 15) is 18.0 Å². The van der Waals surface area contributed by atoms with E-state index < -0.39 is 10.0 Å². The van der Waals surface area contributed by atoms with Crippen LogP contribution in [-0.4, -0.2) is 55.5 Å². The van der Waals surface area contributed by atoms with Gasteiger partial charge in [0, 0.05) is 38.2 Å². The number of nitrogens with zero attached hydrogens (tertiary/aromatic N) is 2. The number of piperazine rings is 1. The Balaban J connectivity index is 1.70. The van der Waals surface area contributed by atoms with Crippen LogP contribution in [0.2, 0.25) is 0 Å². The molecule has 7 nitrogen and oxygen atoms in total. The molecule has 2 heterocycles. The Morgan fingerprint density at radius 3 is 2.37 bits per heavy atom.